The lowest BCUT2D eigenvalue weighted by Gasteiger charge is -2.34. The molecule has 1 fully saturated rings. The van der Waals surface area contributed by atoms with Gasteiger partial charge in [-0.05, 0) is 44.2 Å². The lowest BCUT2D eigenvalue weighted by molar-refractivity contribution is -0.120. The Morgan fingerprint density at radius 3 is 2.62 bits per heavy atom. The molecule has 2 heterocycles. The molecule has 1 aliphatic heterocycles. The molecule has 0 bridgehead atoms. The summed E-state index contributed by atoms with van der Waals surface area (Å²) in [7, 11) is 0. The first kappa shape index (κ1) is 20.0. The quantitative estimate of drug-likeness (QED) is 0.621. The predicted octanol–water partition coefficient (Wildman–Crippen LogP) is 6.38. The monoisotopic (exact) mass is 411 g/mol. The van der Waals surface area contributed by atoms with Gasteiger partial charge in [0.15, 0.2) is 11.5 Å². The van der Waals surface area contributed by atoms with Gasteiger partial charge in [0.2, 0.25) is 5.91 Å². The first-order valence-electron chi connectivity index (χ1n) is 10.7. The van der Waals surface area contributed by atoms with Crippen LogP contribution >= 0.6 is 11.3 Å². The molecule has 1 aromatic carbocycles. The highest BCUT2D eigenvalue weighted by Crippen LogP contribution is 2.47. The first-order valence-corrected chi connectivity index (χ1v) is 11.5. The summed E-state index contributed by atoms with van der Waals surface area (Å²) in [5.41, 5.74) is 1.93. The third kappa shape index (κ3) is 3.93. The van der Waals surface area contributed by atoms with E-state index >= 15 is 0 Å². The maximum Gasteiger partial charge on any atom is 0.228 e. The summed E-state index contributed by atoms with van der Waals surface area (Å²) in [5, 5.41) is 11.8. The van der Waals surface area contributed by atoms with Crippen LogP contribution in [0.5, 0.6) is 0 Å². The summed E-state index contributed by atoms with van der Waals surface area (Å²) < 4.78 is 5.82. The van der Waals surface area contributed by atoms with Crippen molar-refractivity contribution in [2.75, 3.05) is 11.5 Å². The minimum atomic E-state index is -0.414. The Kier molecular flexibility index (Phi) is 5.95. The highest BCUT2D eigenvalue weighted by molar-refractivity contribution is 7.20. The van der Waals surface area contributed by atoms with Crippen molar-refractivity contribution < 1.29 is 14.6 Å². The van der Waals surface area contributed by atoms with Gasteiger partial charge in [0.05, 0.1) is 18.2 Å². The molecule has 1 atom stereocenters. The van der Waals surface area contributed by atoms with Crippen LogP contribution in [0.15, 0.2) is 42.2 Å². The van der Waals surface area contributed by atoms with Crippen molar-refractivity contribution in [3.05, 3.63) is 47.7 Å². The maximum absolute atomic E-state index is 13.4. The third-order valence-corrected chi connectivity index (χ3v) is 7.18. The van der Waals surface area contributed by atoms with Gasteiger partial charge in [0.25, 0.3) is 0 Å². The molecular weight excluding hydrogens is 382 g/mol. The standard InChI is InChI=1S/C24H29NO3S/c1-3-28-23-19-15-20(18-12-8-5-9-13-18)29-24(19)25(16(2)22(23)27)21(26)14-17-10-6-4-7-11-17/h5,8-9,12-13,15-17,27H,3-4,6-7,10-11,14H2,1-2H3. The van der Waals surface area contributed by atoms with Crippen LogP contribution in [-0.4, -0.2) is 23.7 Å². The van der Waals surface area contributed by atoms with Crippen LogP contribution in [0.25, 0.3) is 16.2 Å². The minimum Gasteiger partial charge on any atom is -0.506 e. The highest BCUT2D eigenvalue weighted by atomic mass is 32.1. The molecule has 4 rings (SSSR count). The Labute approximate surface area is 176 Å². The number of aliphatic hydroxyl groups excluding tert-OH is 1. The fourth-order valence-corrected chi connectivity index (χ4v) is 5.71. The lowest BCUT2D eigenvalue weighted by Crippen LogP contribution is -2.43. The van der Waals surface area contributed by atoms with Gasteiger partial charge in [-0.3, -0.25) is 9.69 Å². The number of aliphatic hydroxyl groups is 1. The second-order valence-corrected chi connectivity index (χ2v) is 9.02. The molecule has 29 heavy (non-hydrogen) atoms. The summed E-state index contributed by atoms with van der Waals surface area (Å²) in [6.45, 7) is 4.27. The average molecular weight is 412 g/mol. The molecule has 2 aliphatic rings. The van der Waals surface area contributed by atoms with Crippen molar-refractivity contribution in [1.82, 2.24) is 0 Å². The fraction of sp³-hybridized carbons (Fsp3) is 0.458. The second-order valence-electron chi connectivity index (χ2n) is 7.99. The second kappa shape index (κ2) is 8.62. The summed E-state index contributed by atoms with van der Waals surface area (Å²) in [4.78, 5) is 16.2. The SMILES string of the molecule is CCOC1=C(O)C(C)N(C(=O)CC2CCCCC2)c2sc(-c3ccccc3)cc21. The van der Waals surface area contributed by atoms with E-state index in [1.54, 1.807) is 16.2 Å². The van der Waals surface area contributed by atoms with E-state index in [2.05, 4.69) is 12.1 Å². The van der Waals surface area contributed by atoms with Gasteiger partial charge in [0, 0.05) is 11.3 Å². The molecule has 1 amide bonds. The first-order chi connectivity index (χ1) is 14.1. The van der Waals surface area contributed by atoms with E-state index in [1.807, 2.05) is 38.1 Å². The van der Waals surface area contributed by atoms with E-state index in [0.717, 1.165) is 33.8 Å². The van der Waals surface area contributed by atoms with Gasteiger partial charge in [-0.1, -0.05) is 49.6 Å². The number of benzene rings is 1. The number of ether oxygens (including phenoxy) is 1. The Morgan fingerprint density at radius 1 is 1.21 bits per heavy atom. The number of thiophene rings is 1. The summed E-state index contributed by atoms with van der Waals surface area (Å²) in [5.74, 6) is 1.22. The molecule has 154 valence electrons. The number of rotatable bonds is 5. The van der Waals surface area contributed by atoms with Gasteiger partial charge in [-0.2, -0.15) is 0 Å². The molecule has 2 aromatic rings. The summed E-state index contributed by atoms with van der Waals surface area (Å²) in [6, 6.07) is 11.8. The maximum atomic E-state index is 13.4. The number of carbonyl (C=O) groups is 1. The number of amides is 1. The van der Waals surface area contributed by atoms with Gasteiger partial charge in [-0.15, -0.1) is 11.3 Å². The number of nitrogens with zero attached hydrogens (tertiary/aromatic N) is 1. The molecule has 1 unspecified atom stereocenters. The van der Waals surface area contributed by atoms with Gasteiger partial charge >= 0.3 is 0 Å². The van der Waals surface area contributed by atoms with Crippen molar-refractivity contribution >= 4 is 28.0 Å². The molecule has 4 nitrogen and oxygen atoms in total. The van der Waals surface area contributed by atoms with E-state index in [9.17, 15) is 9.90 Å². The molecular formula is C24H29NO3S. The zero-order chi connectivity index (χ0) is 20.4. The largest absolute Gasteiger partial charge is 0.506 e. The van der Waals surface area contributed by atoms with Crippen LogP contribution in [-0.2, 0) is 9.53 Å². The number of anilines is 1. The van der Waals surface area contributed by atoms with E-state index < -0.39 is 6.04 Å². The smallest absolute Gasteiger partial charge is 0.228 e. The van der Waals surface area contributed by atoms with Crippen molar-refractivity contribution in [3.63, 3.8) is 0 Å². The highest BCUT2D eigenvalue weighted by Gasteiger charge is 2.38. The number of hydrogen-bond donors (Lipinski definition) is 1. The molecule has 5 heteroatoms. The van der Waals surface area contributed by atoms with Gasteiger partial charge in [0.1, 0.15) is 5.00 Å². The van der Waals surface area contributed by atoms with Crippen molar-refractivity contribution in [2.24, 2.45) is 5.92 Å². The van der Waals surface area contributed by atoms with Crippen molar-refractivity contribution in [3.8, 4) is 10.4 Å². The van der Waals surface area contributed by atoms with Gasteiger partial charge in [-0.25, -0.2) is 0 Å². The van der Waals surface area contributed by atoms with Crippen LogP contribution in [0.4, 0.5) is 5.00 Å². The van der Waals surface area contributed by atoms with E-state index in [-0.39, 0.29) is 11.7 Å². The molecule has 1 aromatic heterocycles. The minimum absolute atomic E-state index is 0.106. The van der Waals surface area contributed by atoms with Crippen LogP contribution in [0, 0.1) is 5.92 Å². The zero-order valence-electron chi connectivity index (χ0n) is 17.2. The normalized spacial score (nSPS) is 19.9. The van der Waals surface area contributed by atoms with E-state index in [1.165, 1.54) is 19.3 Å². The molecule has 1 saturated carbocycles. The Bertz CT molecular complexity index is 896. The Balaban J connectivity index is 1.72. The molecule has 1 N–H and O–H groups in total. The van der Waals surface area contributed by atoms with Crippen LogP contribution < -0.4 is 4.90 Å². The van der Waals surface area contributed by atoms with Crippen LogP contribution in [0.1, 0.15) is 57.9 Å². The molecule has 0 radical (unpaired) electrons. The topological polar surface area (TPSA) is 49.8 Å². The average Bonchev–Trinajstić information content (AvgIpc) is 3.17. The predicted molar refractivity (Wildman–Crippen MR) is 119 cm³/mol. The summed E-state index contributed by atoms with van der Waals surface area (Å²) >= 11 is 1.60. The van der Waals surface area contributed by atoms with Crippen molar-refractivity contribution in [1.29, 1.82) is 0 Å². The summed E-state index contributed by atoms with van der Waals surface area (Å²) in [6.07, 6.45) is 6.53. The Morgan fingerprint density at radius 2 is 1.93 bits per heavy atom. The van der Waals surface area contributed by atoms with Crippen LogP contribution in [0.3, 0.4) is 0 Å². The number of hydrogen-bond acceptors (Lipinski definition) is 4. The lowest BCUT2D eigenvalue weighted by atomic mass is 9.86. The zero-order valence-corrected chi connectivity index (χ0v) is 18.0. The van der Waals surface area contributed by atoms with Crippen LogP contribution in [0.2, 0.25) is 0 Å². The van der Waals surface area contributed by atoms with Crippen molar-refractivity contribution in [2.45, 2.75) is 58.4 Å². The third-order valence-electron chi connectivity index (χ3n) is 6.00. The van der Waals surface area contributed by atoms with E-state index in [4.69, 9.17) is 4.74 Å². The number of fused-ring (bicyclic) bond motifs is 1. The fourth-order valence-electron chi connectivity index (χ4n) is 4.46. The molecule has 0 saturated heterocycles. The molecule has 0 spiro atoms. The van der Waals surface area contributed by atoms with Gasteiger partial charge < -0.3 is 9.84 Å². The Hall–Kier alpha value is -2.27. The van der Waals surface area contributed by atoms with E-state index in [0.29, 0.717) is 24.7 Å². The molecule has 1 aliphatic carbocycles. The number of carbonyl (C=O) groups excluding carboxylic acids is 1.